The van der Waals surface area contributed by atoms with E-state index in [1.165, 1.54) is 18.9 Å². The van der Waals surface area contributed by atoms with Crippen LogP contribution in [0.25, 0.3) is 10.9 Å². The summed E-state index contributed by atoms with van der Waals surface area (Å²) in [5.74, 6) is 0.286. The first kappa shape index (κ1) is 33.2. The third-order valence-electron chi connectivity index (χ3n) is 7.38. The molecule has 1 fully saturated rings. The van der Waals surface area contributed by atoms with Crippen LogP contribution in [-0.4, -0.2) is 80.2 Å². The summed E-state index contributed by atoms with van der Waals surface area (Å²) in [4.78, 5) is 36.5. The van der Waals surface area contributed by atoms with E-state index in [1.807, 2.05) is 0 Å². The molecule has 0 spiro atoms. The maximum atomic E-state index is 14.0. The Hall–Kier alpha value is -5.16. The van der Waals surface area contributed by atoms with Gasteiger partial charge in [-0.3, -0.25) is 14.3 Å². The zero-order chi connectivity index (χ0) is 33.9. The molecule has 1 amide bonds. The molecule has 250 valence electrons. The number of rotatable bonds is 9. The lowest BCUT2D eigenvalue weighted by Crippen LogP contribution is -2.48. The van der Waals surface area contributed by atoms with Crippen LogP contribution in [0.15, 0.2) is 60.0 Å². The summed E-state index contributed by atoms with van der Waals surface area (Å²) in [6.45, 7) is 2.33. The van der Waals surface area contributed by atoms with Crippen LogP contribution in [0.3, 0.4) is 0 Å². The Labute approximate surface area is 262 Å². The van der Waals surface area contributed by atoms with Gasteiger partial charge in [-0.15, -0.1) is 0 Å². The number of aromatic nitrogens is 6. The summed E-state index contributed by atoms with van der Waals surface area (Å²) >= 11 is 0. The summed E-state index contributed by atoms with van der Waals surface area (Å²) < 4.78 is 92.7. The molecule has 1 aliphatic heterocycles. The van der Waals surface area contributed by atoms with Gasteiger partial charge in [0.25, 0.3) is 5.56 Å². The van der Waals surface area contributed by atoms with Gasteiger partial charge in [-0.05, 0) is 24.6 Å². The van der Waals surface area contributed by atoms with Crippen LogP contribution in [0, 0.1) is 0 Å². The maximum absolute atomic E-state index is 14.0. The molecular weight excluding hydrogens is 638 g/mol. The molecule has 4 heterocycles. The standard InChI is InChI=1S/C29H28F6N8O4/c1-18(17-47-12-7-23(44)40-8-10-41(11-9-40)27-36-13-20(14-37-27)28(30,31)32)43-22-15-38-42(16-19-3-5-21(46-2)6-4-19)26(45)24(22)25(39-43)29(33,34)35/h3-7,12-15,18H,8-11,16-17H2,1-2H3/b12-7+. The number of nitrogens with zero attached hydrogens (tertiary/aromatic N) is 8. The number of halogens is 6. The molecule has 1 saturated heterocycles. The Bertz CT molecular complexity index is 1800. The van der Waals surface area contributed by atoms with E-state index in [0.717, 1.165) is 27.9 Å². The Kier molecular flexibility index (Phi) is 9.39. The van der Waals surface area contributed by atoms with Gasteiger partial charge in [0, 0.05) is 44.6 Å². The number of fused-ring (bicyclic) bond motifs is 1. The predicted molar refractivity (Wildman–Crippen MR) is 155 cm³/mol. The first-order valence-electron chi connectivity index (χ1n) is 14.2. The van der Waals surface area contributed by atoms with Crippen molar-refractivity contribution in [3.8, 4) is 5.75 Å². The quantitative estimate of drug-likeness (QED) is 0.149. The second-order valence-electron chi connectivity index (χ2n) is 10.6. The molecule has 0 aliphatic carbocycles. The number of anilines is 1. The molecule has 4 aromatic rings. The predicted octanol–water partition coefficient (Wildman–Crippen LogP) is 3.92. The molecule has 1 aromatic carbocycles. The molecular formula is C29H28F6N8O4. The number of hydrogen-bond acceptors (Lipinski definition) is 9. The lowest BCUT2D eigenvalue weighted by Gasteiger charge is -2.34. The zero-order valence-corrected chi connectivity index (χ0v) is 25.0. The van der Waals surface area contributed by atoms with Gasteiger partial charge in [0.1, 0.15) is 17.7 Å². The Morgan fingerprint density at radius 2 is 1.64 bits per heavy atom. The summed E-state index contributed by atoms with van der Waals surface area (Å²) in [7, 11) is 1.49. The van der Waals surface area contributed by atoms with E-state index < -0.39 is 46.5 Å². The smallest absolute Gasteiger partial charge is 0.435 e. The van der Waals surface area contributed by atoms with E-state index in [2.05, 4.69) is 20.2 Å². The number of hydrogen-bond donors (Lipinski definition) is 0. The number of benzene rings is 1. The largest absolute Gasteiger partial charge is 0.499 e. The average molecular weight is 667 g/mol. The SMILES string of the molecule is COc1ccc(Cn2ncc3c(c(C(F)(F)F)nn3C(C)CO/C=C/C(=O)N3CCN(c4ncc(C(F)(F)F)cn4)CC3)c2=O)cc1. The van der Waals surface area contributed by atoms with Crippen molar-refractivity contribution < 1.29 is 40.6 Å². The number of methoxy groups -OCH3 is 1. The van der Waals surface area contributed by atoms with Crippen molar-refractivity contribution in [2.75, 3.05) is 44.8 Å². The van der Waals surface area contributed by atoms with Gasteiger partial charge < -0.3 is 19.3 Å². The summed E-state index contributed by atoms with van der Waals surface area (Å²) in [5, 5.41) is 7.15. The fraction of sp³-hybridized carbons (Fsp3) is 0.379. The Morgan fingerprint density at radius 1 is 0.979 bits per heavy atom. The van der Waals surface area contributed by atoms with Crippen molar-refractivity contribution in [3.63, 3.8) is 0 Å². The van der Waals surface area contributed by atoms with Crippen LogP contribution in [0.4, 0.5) is 32.3 Å². The number of carbonyl (C=O) groups is 1. The van der Waals surface area contributed by atoms with Gasteiger partial charge in [-0.1, -0.05) is 12.1 Å². The van der Waals surface area contributed by atoms with E-state index in [4.69, 9.17) is 9.47 Å². The highest BCUT2D eigenvalue weighted by Gasteiger charge is 2.39. The summed E-state index contributed by atoms with van der Waals surface area (Å²) in [6.07, 6.45) is -4.65. The number of amides is 1. The Balaban J connectivity index is 1.20. The van der Waals surface area contributed by atoms with Gasteiger partial charge in [-0.25, -0.2) is 14.6 Å². The minimum atomic E-state index is -4.92. The molecule has 0 bridgehead atoms. The fourth-order valence-corrected chi connectivity index (χ4v) is 4.87. The molecule has 5 rings (SSSR count). The highest BCUT2D eigenvalue weighted by molar-refractivity contribution is 5.87. The van der Waals surface area contributed by atoms with Crippen molar-refractivity contribution in [2.24, 2.45) is 0 Å². The van der Waals surface area contributed by atoms with Gasteiger partial charge >= 0.3 is 12.4 Å². The highest BCUT2D eigenvalue weighted by Crippen LogP contribution is 2.33. The van der Waals surface area contributed by atoms with Crippen LogP contribution in [0.5, 0.6) is 5.75 Å². The monoisotopic (exact) mass is 666 g/mol. The van der Waals surface area contributed by atoms with Crippen molar-refractivity contribution in [2.45, 2.75) is 31.9 Å². The van der Waals surface area contributed by atoms with E-state index in [-0.39, 0.29) is 50.8 Å². The van der Waals surface area contributed by atoms with Crippen LogP contribution in [-0.2, 0) is 28.4 Å². The molecule has 1 atom stereocenters. The Morgan fingerprint density at radius 3 is 2.23 bits per heavy atom. The van der Waals surface area contributed by atoms with Gasteiger partial charge in [0.05, 0.1) is 43.2 Å². The van der Waals surface area contributed by atoms with Crippen molar-refractivity contribution in [1.29, 1.82) is 0 Å². The molecule has 1 aliphatic rings. The first-order valence-corrected chi connectivity index (χ1v) is 14.2. The molecule has 3 aromatic heterocycles. The van der Waals surface area contributed by atoms with Crippen molar-refractivity contribution in [1.82, 2.24) is 34.4 Å². The summed E-state index contributed by atoms with van der Waals surface area (Å²) in [6, 6.07) is 5.86. The number of piperazine rings is 1. The molecule has 0 saturated carbocycles. The van der Waals surface area contributed by atoms with E-state index >= 15 is 0 Å². The molecule has 0 N–H and O–H groups in total. The van der Waals surface area contributed by atoms with E-state index in [9.17, 15) is 35.9 Å². The third kappa shape index (κ3) is 7.47. The van der Waals surface area contributed by atoms with Gasteiger partial charge in [0.2, 0.25) is 11.9 Å². The normalized spacial score (nSPS) is 15.0. The van der Waals surface area contributed by atoms with Crippen molar-refractivity contribution >= 4 is 22.8 Å². The van der Waals surface area contributed by atoms with E-state index in [1.54, 1.807) is 29.2 Å². The molecule has 18 heteroatoms. The first-order chi connectivity index (χ1) is 22.3. The molecule has 47 heavy (non-hydrogen) atoms. The number of carbonyl (C=O) groups excluding carboxylic acids is 1. The lowest BCUT2D eigenvalue weighted by atomic mass is 10.2. The highest BCUT2D eigenvalue weighted by atomic mass is 19.4. The topological polar surface area (TPSA) is 120 Å². The van der Waals surface area contributed by atoms with Crippen molar-refractivity contribution in [3.05, 3.63) is 82.4 Å². The van der Waals surface area contributed by atoms with Crippen LogP contribution >= 0.6 is 0 Å². The average Bonchev–Trinajstić information content (AvgIpc) is 3.46. The molecule has 1 unspecified atom stereocenters. The van der Waals surface area contributed by atoms with Crippen LogP contribution in [0.1, 0.15) is 29.8 Å². The molecule has 0 radical (unpaired) electrons. The second-order valence-corrected chi connectivity index (χ2v) is 10.6. The third-order valence-corrected chi connectivity index (χ3v) is 7.38. The lowest BCUT2D eigenvalue weighted by molar-refractivity contribution is -0.140. The second kappa shape index (κ2) is 13.3. The van der Waals surface area contributed by atoms with Crippen LogP contribution in [0.2, 0.25) is 0 Å². The fourth-order valence-electron chi connectivity index (χ4n) is 4.87. The van der Waals surface area contributed by atoms with Gasteiger partial charge in [0.15, 0.2) is 5.69 Å². The number of ether oxygens (including phenoxy) is 2. The zero-order valence-electron chi connectivity index (χ0n) is 25.0. The molecule has 12 nitrogen and oxygen atoms in total. The summed E-state index contributed by atoms with van der Waals surface area (Å²) in [5.41, 5.74) is -2.77. The number of alkyl halides is 6. The minimum absolute atomic E-state index is 0.0728. The maximum Gasteiger partial charge on any atom is 0.435 e. The van der Waals surface area contributed by atoms with Gasteiger partial charge in [-0.2, -0.15) is 36.5 Å². The minimum Gasteiger partial charge on any atom is -0.499 e. The van der Waals surface area contributed by atoms with E-state index in [0.29, 0.717) is 23.7 Å². The van der Waals surface area contributed by atoms with Crippen LogP contribution < -0.4 is 15.2 Å².